The average Bonchev–Trinajstić information content (AvgIpc) is 2.93. The van der Waals surface area contributed by atoms with Crippen molar-refractivity contribution < 1.29 is 4.79 Å². The fourth-order valence-corrected chi connectivity index (χ4v) is 2.40. The van der Waals surface area contributed by atoms with Gasteiger partial charge in [-0.15, -0.1) is 10.2 Å². The van der Waals surface area contributed by atoms with Crippen molar-refractivity contribution in [1.82, 2.24) is 20.0 Å². The lowest BCUT2D eigenvalue weighted by Crippen LogP contribution is -2.17. The van der Waals surface area contributed by atoms with Crippen LogP contribution in [0.3, 0.4) is 0 Å². The minimum atomic E-state index is -0.314. The van der Waals surface area contributed by atoms with Gasteiger partial charge in [-0.2, -0.15) is 5.10 Å². The highest BCUT2D eigenvalue weighted by molar-refractivity contribution is 7.15. The van der Waals surface area contributed by atoms with Crippen molar-refractivity contribution >= 4 is 28.1 Å². The molecule has 0 aliphatic carbocycles. The predicted octanol–water partition coefficient (Wildman–Crippen LogP) is 1.23. The molecule has 2 aromatic rings. The van der Waals surface area contributed by atoms with Crippen molar-refractivity contribution in [3.05, 3.63) is 16.4 Å². The lowest BCUT2D eigenvalue weighted by molar-refractivity contribution is 0.101. The number of nitrogens with two attached hydrogens (primary N) is 1. The Morgan fingerprint density at radius 3 is 2.63 bits per heavy atom. The third-order valence-corrected chi connectivity index (χ3v) is 3.68. The molecule has 7 nitrogen and oxygen atoms in total. The summed E-state index contributed by atoms with van der Waals surface area (Å²) in [5.74, 6) is -0.314. The fourth-order valence-electron chi connectivity index (χ4n) is 1.73. The van der Waals surface area contributed by atoms with Crippen LogP contribution in [0.5, 0.6) is 0 Å². The van der Waals surface area contributed by atoms with E-state index in [1.807, 2.05) is 13.8 Å². The van der Waals surface area contributed by atoms with Crippen LogP contribution in [0.4, 0.5) is 10.8 Å². The molecular weight excluding hydrogens is 264 g/mol. The number of hydrogen-bond donors (Lipinski definition) is 2. The normalized spacial score (nSPS) is 10.7. The minimum Gasteiger partial charge on any atom is -0.395 e. The van der Waals surface area contributed by atoms with Crippen LogP contribution in [0.1, 0.15) is 35.0 Å². The Morgan fingerprint density at radius 2 is 2.11 bits per heavy atom. The summed E-state index contributed by atoms with van der Waals surface area (Å²) in [4.78, 5) is 12.2. The predicted molar refractivity (Wildman–Crippen MR) is 74.2 cm³/mol. The Hall–Kier alpha value is -1.96. The number of aryl methyl sites for hydroxylation is 3. The third-order valence-electron chi connectivity index (χ3n) is 2.70. The maximum Gasteiger partial charge on any atom is 0.277 e. The monoisotopic (exact) mass is 280 g/mol. The first-order valence-electron chi connectivity index (χ1n) is 6.01. The number of rotatable bonds is 4. The van der Waals surface area contributed by atoms with E-state index in [0.717, 1.165) is 17.1 Å². The largest absolute Gasteiger partial charge is 0.395 e. The fraction of sp³-hybridized carbons (Fsp3) is 0.455. The maximum absolute atomic E-state index is 12.2. The molecule has 0 saturated heterocycles. The average molecular weight is 280 g/mol. The molecule has 0 bridgehead atoms. The van der Waals surface area contributed by atoms with Crippen molar-refractivity contribution in [2.75, 3.05) is 11.1 Å². The van der Waals surface area contributed by atoms with E-state index in [-0.39, 0.29) is 5.91 Å². The molecule has 102 valence electrons. The SMILES string of the molecule is CCc1nnc(NC(=O)c2c(N)c(CC)nn2C)s1. The number of nitrogens with one attached hydrogen (secondary N) is 1. The number of aromatic nitrogens is 4. The van der Waals surface area contributed by atoms with Gasteiger partial charge < -0.3 is 5.73 Å². The highest BCUT2D eigenvalue weighted by Crippen LogP contribution is 2.20. The van der Waals surface area contributed by atoms with Gasteiger partial charge in [-0.3, -0.25) is 14.8 Å². The molecule has 2 heterocycles. The Bertz CT molecular complexity index is 602. The zero-order valence-corrected chi connectivity index (χ0v) is 11.9. The lowest BCUT2D eigenvalue weighted by atomic mass is 10.2. The van der Waals surface area contributed by atoms with Crippen LogP contribution >= 0.6 is 11.3 Å². The zero-order chi connectivity index (χ0) is 14.0. The van der Waals surface area contributed by atoms with Crippen molar-refractivity contribution in [2.45, 2.75) is 26.7 Å². The molecule has 0 radical (unpaired) electrons. The lowest BCUT2D eigenvalue weighted by Gasteiger charge is -2.02. The first-order valence-corrected chi connectivity index (χ1v) is 6.83. The van der Waals surface area contributed by atoms with Crippen LogP contribution < -0.4 is 11.1 Å². The van der Waals surface area contributed by atoms with Gasteiger partial charge >= 0.3 is 0 Å². The van der Waals surface area contributed by atoms with Gasteiger partial charge in [-0.1, -0.05) is 25.2 Å². The van der Waals surface area contributed by atoms with Crippen LogP contribution in [0.2, 0.25) is 0 Å². The summed E-state index contributed by atoms with van der Waals surface area (Å²) in [6, 6.07) is 0. The summed E-state index contributed by atoms with van der Waals surface area (Å²) in [5.41, 5.74) is 7.42. The standard InChI is InChI=1S/C11H16N6OS/c1-4-6-8(12)9(17(3)16-6)10(18)13-11-15-14-7(5-2)19-11/h4-5,12H2,1-3H3,(H,13,15,18). The van der Waals surface area contributed by atoms with Gasteiger partial charge in [0.25, 0.3) is 5.91 Å². The second-order valence-electron chi connectivity index (χ2n) is 3.99. The molecule has 1 amide bonds. The van der Waals surface area contributed by atoms with Gasteiger partial charge in [0.15, 0.2) is 0 Å². The van der Waals surface area contributed by atoms with Crippen LogP contribution in [-0.2, 0) is 19.9 Å². The second-order valence-corrected chi connectivity index (χ2v) is 5.06. The Kier molecular flexibility index (Phi) is 3.79. The van der Waals surface area contributed by atoms with E-state index >= 15 is 0 Å². The van der Waals surface area contributed by atoms with Gasteiger partial charge in [-0.25, -0.2) is 0 Å². The number of hydrogen-bond acceptors (Lipinski definition) is 6. The third kappa shape index (κ3) is 2.58. The van der Waals surface area contributed by atoms with Crippen molar-refractivity contribution in [3.63, 3.8) is 0 Å². The molecule has 0 fully saturated rings. The molecule has 0 saturated carbocycles. The molecule has 19 heavy (non-hydrogen) atoms. The van der Waals surface area contributed by atoms with E-state index in [1.54, 1.807) is 7.05 Å². The molecule has 0 aliphatic heterocycles. The van der Waals surface area contributed by atoms with Crippen LogP contribution in [0, 0.1) is 0 Å². The Balaban J connectivity index is 2.22. The summed E-state index contributed by atoms with van der Waals surface area (Å²) >= 11 is 1.36. The summed E-state index contributed by atoms with van der Waals surface area (Å²) in [7, 11) is 1.70. The first-order chi connectivity index (χ1) is 9.06. The van der Waals surface area contributed by atoms with Gasteiger partial charge in [0.2, 0.25) is 5.13 Å². The summed E-state index contributed by atoms with van der Waals surface area (Å²) < 4.78 is 1.49. The Morgan fingerprint density at radius 1 is 1.37 bits per heavy atom. The van der Waals surface area contributed by atoms with E-state index < -0.39 is 0 Å². The van der Waals surface area contributed by atoms with Gasteiger partial charge in [0, 0.05) is 7.05 Å². The summed E-state index contributed by atoms with van der Waals surface area (Å²) in [6.45, 7) is 3.93. The molecule has 8 heteroatoms. The van der Waals surface area contributed by atoms with E-state index in [2.05, 4.69) is 20.6 Å². The van der Waals surface area contributed by atoms with Crippen LogP contribution in [-0.4, -0.2) is 25.9 Å². The first kappa shape index (κ1) is 13.5. The molecule has 0 atom stereocenters. The second kappa shape index (κ2) is 5.35. The van der Waals surface area contributed by atoms with Crippen molar-refractivity contribution in [1.29, 1.82) is 0 Å². The van der Waals surface area contributed by atoms with E-state index in [0.29, 0.717) is 22.9 Å². The molecular formula is C11H16N6OS. The van der Waals surface area contributed by atoms with Crippen LogP contribution in [0.25, 0.3) is 0 Å². The topological polar surface area (TPSA) is 98.7 Å². The molecule has 0 spiro atoms. The van der Waals surface area contributed by atoms with Crippen molar-refractivity contribution in [2.24, 2.45) is 7.05 Å². The van der Waals surface area contributed by atoms with Gasteiger partial charge in [-0.05, 0) is 12.8 Å². The molecule has 0 aliphatic rings. The van der Waals surface area contributed by atoms with Crippen molar-refractivity contribution in [3.8, 4) is 0 Å². The Labute approximate surface area is 114 Å². The quantitative estimate of drug-likeness (QED) is 0.877. The number of carbonyl (C=O) groups excluding carboxylic acids is 1. The molecule has 0 unspecified atom stereocenters. The van der Waals surface area contributed by atoms with E-state index in [4.69, 9.17) is 5.73 Å². The van der Waals surface area contributed by atoms with Crippen LogP contribution in [0.15, 0.2) is 0 Å². The van der Waals surface area contributed by atoms with Gasteiger partial charge in [0.05, 0.1) is 11.4 Å². The highest BCUT2D eigenvalue weighted by atomic mass is 32.1. The number of amides is 1. The summed E-state index contributed by atoms with van der Waals surface area (Å²) in [5, 5.41) is 16.1. The summed E-state index contributed by atoms with van der Waals surface area (Å²) in [6.07, 6.45) is 1.48. The molecule has 0 aromatic carbocycles. The number of anilines is 2. The van der Waals surface area contributed by atoms with E-state index in [9.17, 15) is 4.79 Å². The highest BCUT2D eigenvalue weighted by Gasteiger charge is 2.20. The maximum atomic E-state index is 12.2. The molecule has 3 N–H and O–H groups in total. The number of carbonyl (C=O) groups is 1. The number of nitrogens with zero attached hydrogens (tertiary/aromatic N) is 4. The zero-order valence-electron chi connectivity index (χ0n) is 11.1. The molecule has 2 rings (SSSR count). The minimum absolute atomic E-state index is 0.314. The van der Waals surface area contributed by atoms with E-state index in [1.165, 1.54) is 16.0 Å². The molecule has 2 aromatic heterocycles. The van der Waals surface area contributed by atoms with Gasteiger partial charge in [0.1, 0.15) is 10.7 Å². The number of nitrogen functional groups attached to an aromatic ring is 1. The smallest absolute Gasteiger partial charge is 0.277 e.